The van der Waals surface area contributed by atoms with E-state index in [1.807, 2.05) is 0 Å². The minimum Gasteiger partial charge on any atom is -0.388 e. The van der Waals surface area contributed by atoms with Crippen LogP contribution in [0, 0.1) is 6.54 Å². The van der Waals surface area contributed by atoms with Crippen molar-refractivity contribution in [1.82, 2.24) is 19.4 Å². The first-order valence-corrected chi connectivity index (χ1v) is 10.3. The predicted octanol–water partition coefficient (Wildman–Crippen LogP) is 1.62. The summed E-state index contributed by atoms with van der Waals surface area (Å²) in [6, 6.07) is 7.04. The molecule has 1 aromatic heterocycles. The molecule has 3 N–H and O–H groups in total. The smallest absolute Gasteiger partial charge is 0.201 e. The van der Waals surface area contributed by atoms with Crippen molar-refractivity contribution >= 4 is 22.7 Å². The van der Waals surface area contributed by atoms with Crippen LogP contribution in [-0.4, -0.2) is 82.4 Å². The van der Waals surface area contributed by atoms with Crippen LogP contribution in [0.4, 0.5) is 11.6 Å². The van der Waals surface area contributed by atoms with E-state index in [2.05, 4.69) is 44.9 Å². The van der Waals surface area contributed by atoms with Crippen molar-refractivity contribution in [1.29, 1.82) is 0 Å². The van der Waals surface area contributed by atoms with Gasteiger partial charge in [-0.3, -0.25) is 4.90 Å². The largest absolute Gasteiger partial charge is 0.388 e. The van der Waals surface area contributed by atoms with Crippen molar-refractivity contribution in [2.75, 3.05) is 56.9 Å². The van der Waals surface area contributed by atoms with E-state index >= 15 is 0 Å². The summed E-state index contributed by atoms with van der Waals surface area (Å²) in [6.07, 6.45) is 2.43. The molecule has 1 aromatic carbocycles. The van der Waals surface area contributed by atoms with Crippen LogP contribution in [0.2, 0.25) is 0 Å². The van der Waals surface area contributed by atoms with Crippen LogP contribution < -0.4 is 10.6 Å². The summed E-state index contributed by atoms with van der Waals surface area (Å²) in [5.41, 5.74) is 8.14. The number of hydrogen-bond donors (Lipinski definition) is 2. The van der Waals surface area contributed by atoms with Gasteiger partial charge in [0.05, 0.1) is 23.2 Å². The van der Waals surface area contributed by atoms with Crippen LogP contribution >= 0.6 is 0 Å². The highest BCUT2D eigenvalue weighted by atomic mass is 16.3. The van der Waals surface area contributed by atoms with E-state index in [4.69, 9.17) is 5.73 Å². The normalized spacial score (nSPS) is 20.9. The number of likely N-dealkylation sites (N-methyl/N-ethyl adjacent to an activating group) is 1. The maximum Gasteiger partial charge on any atom is 0.201 e. The van der Waals surface area contributed by atoms with Crippen LogP contribution in [0.5, 0.6) is 0 Å². The Kier molecular flexibility index (Phi) is 5.24. The molecule has 153 valence electrons. The number of aliphatic hydroxyl groups is 1. The average Bonchev–Trinajstić information content (AvgIpc) is 2.96. The van der Waals surface area contributed by atoms with Gasteiger partial charge < -0.3 is 25.2 Å². The van der Waals surface area contributed by atoms with E-state index in [-0.39, 0.29) is 0 Å². The van der Waals surface area contributed by atoms with Gasteiger partial charge in [0.25, 0.3) is 0 Å². The standard InChI is InChI=1S/C21H33N6O/c1-21(2,28)15-27-19-5-4-17(14-18(19)23-20(27)22)25-8-6-16(7-9-25)26-12-10-24(3)11-13-26/h4-5,14-16,28H,6-13H2,1-3H3,(H2,22,23). The number of anilines is 2. The Morgan fingerprint density at radius 3 is 2.43 bits per heavy atom. The maximum absolute atomic E-state index is 10.1. The van der Waals surface area contributed by atoms with Gasteiger partial charge in [-0.25, -0.2) is 4.98 Å². The molecule has 0 amide bonds. The van der Waals surface area contributed by atoms with Crippen molar-refractivity contribution in [2.45, 2.75) is 38.3 Å². The van der Waals surface area contributed by atoms with Crippen LogP contribution in [0.25, 0.3) is 11.0 Å². The van der Waals surface area contributed by atoms with Crippen LogP contribution in [0.1, 0.15) is 26.7 Å². The lowest BCUT2D eigenvalue weighted by atomic mass is 10.0. The zero-order valence-corrected chi connectivity index (χ0v) is 17.3. The number of fused-ring (bicyclic) bond motifs is 1. The number of nitrogen functional groups attached to an aromatic ring is 1. The minimum absolute atomic E-state index is 0.406. The molecule has 4 rings (SSSR count). The van der Waals surface area contributed by atoms with E-state index in [1.54, 1.807) is 25.0 Å². The SMILES string of the molecule is CN1CCN(C2CCN(c3ccc4c(c3)nc(N)n4[CH]C(C)(C)O)CC2)CC1. The Morgan fingerprint density at radius 1 is 1.11 bits per heavy atom. The van der Waals surface area contributed by atoms with Gasteiger partial charge >= 0.3 is 0 Å². The monoisotopic (exact) mass is 385 g/mol. The number of benzene rings is 1. The molecule has 0 saturated carbocycles. The fourth-order valence-electron chi connectivity index (χ4n) is 4.43. The van der Waals surface area contributed by atoms with Crippen molar-refractivity contribution in [3.8, 4) is 0 Å². The summed E-state index contributed by atoms with van der Waals surface area (Å²) in [5, 5.41) is 10.1. The highest BCUT2D eigenvalue weighted by molar-refractivity contribution is 5.82. The lowest BCUT2D eigenvalue weighted by molar-refractivity contribution is 0.0982. The van der Waals surface area contributed by atoms with Gasteiger partial charge in [0.1, 0.15) is 0 Å². The molecule has 0 spiro atoms. The Labute approximate surface area is 167 Å². The predicted molar refractivity (Wildman–Crippen MR) is 114 cm³/mol. The molecule has 2 saturated heterocycles. The van der Waals surface area contributed by atoms with Gasteiger partial charge in [-0.15, -0.1) is 0 Å². The summed E-state index contributed by atoms with van der Waals surface area (Å²) in [4.78, 5) is 12.1. The molecular weight excluding hydrogens is 352 g/mol. The molecular formula is C21H33N6O. The van der Waals surface area contributed by atoms with Gasteiger partial charge in [-0.1, -0.05) is 0 Å². The quantitative estimate of drug-likeness (QED) is 0.833. The highest BCUT2D eigenvalue weighted by Crippen LogP contribution is 2.28. The minimum atomic E-state index is -0.953. The first kappa shape index (κ1) is 19.5. The Bertz CT molecular complexity index is 810. The van der Waals surface area contributed by atoms with E-state index in [0.717, 1.165) is 24.1 Å². The van der Waals surface area contributed by atoms with E-state index in [0.29, 0.717) is 12.0 Å². The zero-order valence-electron chi connectivity index (χ0n) is 17.3. The van der Waals surface area contributed by atoms with Crippen molar-refractivity contribution < 1.29 is 5.11 Å². The fourth-order valence-corrected chi connectivity index (χ4v) is 4.43. The lowest BCUT2D eigenvalue weighted by Crippen LogP contribution is -2.52. The Hall–Kier alpha value is -1.83. The number of nitrogens with zero attached hydrogens (tertiary/aromatic N) is 5. The number of hydrogen-bond acceptors (Lipinski definition) is 6. The Balaban J connectivity index is 1.44. The third-order valence-electron chi connectivity index (χ3n) is 6.03. The number of aromatic nitrogens is 2. The maximum atomic E-state index is 10.1. The average molecular weight is 386 g/mol. The molecule has 7 nitrogen and oxygen atoms in total. The Morgan fingerprint density at radius 2 is 1.79 bits per heavy atom. The molecule has 2 aliphatic rings. The third kappa shape index (κ3) is 4.11. The van der Waals surface area contributed by atoms with Gasteiger partial charge in [-0.2, -0.15) is 0 Å². The summed E-state index contributed by atoms with van der Waals surface area (Å²) >= 11 is 0. The van der Waals surface area contributed by atoms with E-state index in [9.17, 15) is 5.11 Å². The van der Waals surface area contributed by atoms with Crippen LogP contribution in [-0.2, 0) is 0 Å². The zero-order chi connectivity index (χ0) is 19.9. The number of piperidine rings is 1. The molecule has 0 atom stereocenters. The summed E-state index contributed by atoms with van der Waals surface area (Å²) in [5.74, 6) is 0.406. The summed E-state index contributed by atoms with van der Waals surface area (Å²) in [7, 11) is 2.21. The molecule has 2 aliphatic heterocycles. The number of imidazole rings is 1. The lowest BCUT2D eigenvalue weighted by Gasteiger charge is -2.42. The third-order valence-corrected chi connectivity index (χ3v) is 6.03. The molecule has 0 aliphatic carbocycles. The first-order valence-electron chi connectivity index (χ1n) is 10.3. The number of piperazine rings is 1. The van der Waals surface area contributed by atoms with Crippen molar-refractivity contribution in [2.24, 2.45) is 0 Å². The number of nitrogens with two attached hydrogens (primary N) is 1. The molecule has 0 bridgehead atoms. The molecule has 1 radical (unpaired) electrons. The van der Waals surface area contributed by atoms with Gasteiger partial charge in [-0.05, 0) is 51.9 Å². The molecule has 7 heteroatoms. The first-order chi connectivity index (χ1) is 13.3. The molecule has 3 heterocycles. The van der Waals surface area contributed by atoms with Crippen LogP contribution in [0.15, 0.2) is 18.2 Å². The summed E-state index contributed by atoms with van der Waals surface area (Å²) in [6.45, 7) is 12.1. The highest BCUT2D eigenvalue weighted by Gasteiger charge is 2.27. The molecule has 28 heavy (non-hydrogen) atoms. The molecule has 0 unspecified atom stereocenters. The second-order valence-corrected chi connectivity index (χ2v) is 8.85. The van der Waals surface area contributed by atoms with E-state index in [1.165, 1.54) is 44.7 Å². The van der Waals surface area contributed by atoms with E-state index < -0.39 is 5.60 Å². The molecule has 2 aromatic rings. The van der Waals surface area contributed by atoms with Gasteiger partial charge in [0.2, 0.25) is 5.95 Å². The topological polar surface area (TPSA) is 73.8 Å². The number of rotatable bonds is 4. The fraction of sp³-hybridized carbons (Fsp3) is 0.619. The van der Waals surface area contributed by atoms with Gasteiger partial charge in [0, 0.05) is 51.0 Å². The van der Waals surface area contributed by atoms with Crippen LogP contribution in [0.3, 0.4) is 0 Å². The van der Waals surface area contributed by atoms with Crippen molar-refractivity contribution in [3.05, 3.63) is 24.7 Å². The molecule has 2 fully saturated rings. The van der Waals surface area contributed by atoms with Crippen molar-refractivity contribution in [3.63, 3.8) is 0 Å². The second kappa shape index (κ2) is 7.54. The second-order valence-electron chi connectivity index (χ2n) is 8.85. The van der Waals surface area contributed by atoms with Gasteiger partial charge in [0.15, 0.2) is 0 Å². The summed E-state index contributed by atoms with van der Waals surface area (Å²) < 4.78 is 1.78.